The van der Waals surface area contributed by atoms with Crippen LogP contribution >= 0.6 is 12.2 Å². The number of anilines is 1. The molecule has 1 atom stereocenters. The predicted octanol–water partition coefficient (Wildman–Crippen LogP) is 0.310. The van der Waals surface area contributed by atoms with E-state index in [9.17, 15) is 4.79 Å². The summed E-state index contributed by atoms with van der Waals surface area (Å²) in [5.74, 6) is 0.0241. The molecule has 0 saturated heterocycles. The van der Waals surface area contributed by atoms with Crippen molar-refractivity contribution < 1.29 is 4.79 Å². The van der Waals surface area contributed by atoms with E-state index >= 15 is 0 Å². The highest BCUT2D eigenvalue weighted by Gasteiger charge is 2.14. The fraction of sp³-hybridized carbons (Fsp3) is 0.300. The second kappa shape index (κ2) is 4.89. The maximum Gasteiger partial charge on any atom is 0.239 e. The Bertz CT molecular complexity index is 433. The monoisotopic (exact) mass is 238 g/mol. The molecule has 1 heterocycles. The van der Waals surface area contributed by atoms with Gasteiger partial charge in [-0.05, 0) is 25.5 Å². The molecule has 0 spiro atoms. The third kappa shape index (κ3) is 2.66. The summed E-state index contributed by atoms with van der Waals surface area (Å²) >= 11 is 4.94. The number of nitrogens with zero attached hydrogens (tertiary/aromatic N) is 1. The molecule has 1 aromatic rings. The van der Waals surface area contributed by atoms with Gasteiger partial charge in [0.2, 0.25) is 5.91 Å². The largest absolute Gasteiger partial charge is 0.389 e. The van der Waals surface area contributed by atoms with Crippen molar-refractivity contribution in [3.63, 3.8) is 0 Å². The Kier molecular flexibility index (Phi) is 3.78. The first-order chi connectivity index (χ1) is 7.43. The van der Waals surface area contributed by atoms with E-state index < -0.39 is 11.9 Å². The third-order valence-corrected chi connectivity index (χ3v) is 2.39. The van der Waals surface area contributed by atoms with Crippen molar-refractivity contribution in [3.8, 4) is 0 Å². The first-order valence-electron chi connectivity index (χ1n) is 4.74. The molecule has 0 fully saturated rings. The molecule has 1 rings (SSSR count). The van der Waals surface area contributed by atoms with E-state index in [1.54, 1.807) is 19.2 Å². The van der Waals surface area contributed by atoms with Gasteiger partial charge in [-0.1, -0.05) is 12.2 Å². The molecule has 1 unspecified atom stereocenters. The van der Waals surface area contributed by atoms with E-state index in [2.05, 4.69) is 10.3 Å². The molecule has 1 amide bonds. The van der Waals surface area contributed by atoms with Crippen molar-refractivity contribution in [3.05, 3.63) is 23.4 Å². The Morgan fingerprint density at radius 2 is 2.19 bits per heavy atom. The molecule has 6 heteroatoms. The number of primary amides is 1. The predicted molar refractivity (Wildman–Crippen MR) is 67.1 cm³/mol. The number of pyridine rings is 1. The van der Waals surface area contributed by atoms with Gasteiger partial charge in [0.05, 0.1) is 5.56 Å². The molecule has 0 radical (unpaired) electrons. The van der Waals surface area contributed by atoms with Gasteiger partial charge < -0.3 is 16.8 Å². The summed E-state index contributed by atoms with van der Waals surface area (Å²) in [5, 5.41) is 2.88. The maximum atomic E-state index is 10.9. The fourth-order valence-corrected chi connectivity index (χ4v) is 1.51. The molecule has 5 nitrogen and oxygen atoms in total. The van der Waals surface area contributed by atoms with Crippen LogP contribution in [0.4, 0.5) is 5.82 Å². The molecule has 0 aliphatic heterocycles. The lowest BCUT2D eigenvalue weighted by molar-refractivity contribution is -0.118. The minimum Gasteiger partial charge on any atom is -0.389 e. The topological polar surface area (TPSA) is 94.0 Å². The molecular formula is C10H14N4OS. The van der Waals surface area contributed by atoms with Gasteiger partial charge in [-0.25, -0.2) is 4.98 Å². The highest BCUT2D eigenvalue weighted by molar-refractivity contribution is 7.80. The van der Waals surface area contributed by atoms with Gasteiger partial charge in [0, 0.05) is 6.20 Å². The smallest absolute Gasteiger partial charge is 0.239 e. The molecule has 0 aliphatic carbocycles. The van der Waals surface area contributed by atoms with Crippen LogP contribution in [-0.2, 0) is 4.79 Å². The lowest BCUT2D eigenvalue weighted by Crippen LogP contribution is -2.33. The standard InChI is InChI=1S/C10H14N4OS/c1-5-3-4-13-10(7(5)9(12)16)14-6(2)8(11)15/h3-4,6H,1-2H3,(H2,11,15)(H2,12,16)(H,13,14). The lowest BCUT2D eigenvalue weighted by Gasteiger charge is -2.15. The summed E-state index contributed by atoms with van der Waals surface area (Å²) in [6.07, 6.45) is 1.62. The molecule has 0 aliphatic rings. The van der Waals surface area contributed by atoms with Crippen LogP contribution in [0.15, 0.2) is 12.3 Å². The van der Waals surface area contributed by atoms with Crippen molar-refractivity contribution in [1.82, 2.24) is 4.98 Å². The van der Waals surface area contributed by atoms with E-state index in [4.69, 9.17) is 23.7 Å². The van der Waals surface area contributed by atoms with Crippen LogP contribution in [0.5, 0.6) is 0 Å². The molecule has 1 aromatic heterocycles. The lowest BCUT2D eigenvalue weighted by atomic mass is 10.1. The zero-order chi connectivity index (χ0) is 12.3. The summed E-state index contributed by atoms with van der Waals surface area (Å²) in [6, 6.07) is 1.27. The Labute approximate surface area is 99.2 Å². The van der Waals surface area contributed by atoms with E-state index in [1.807, 2.05) is 6.92 Å². The van der Waals surface area contributed by atoms with Crippen LogP contribution < -0.4 is 16.8 Å². The highest BCUT2D eigenvalue weighted by atomic mass is 32.1. The summed E-state index contributed by atoms with van der Waals surface area (Å²) in [6.45, 7) is 3.52. The fourth-order valence-electron chi connectivity index (χ4n) is 1.25. The zero-order valence-electron chi connectivity index (χ0n) is 9.15. The average Bonchev–Trinajstić information content (AvgIpc) is 2.16. The quantitative estimate of drug-likeness (QED) is 0.656. The van der Waals surface area contributed by atoms with Crippen LogP contribution in [0.2, 0.25) is 0 Å². The van der Waals surface area contributed by atoms with Crippen LogP contribution in [0.3, 0.4) is 0 Å². The second-order valence-corrected chi connectivity index (χ2v) is 3.92. The number of carbonyl (C=O) groups is 1. The zero-order valence-corrected chi connectivity index (χ0v) is 9.97. The Morgan fingerprint density at radius 3 is 2.69 bits per heavy atom. The Hall–Kier alpha value is -1.69. The van der Waals surface area contributed by atoms with Gasteiger partial charge in [-0.15, -0.1) is 0 Å². The van der Waals surface area contributed by atoms with Gasteiger partial charge >= 0.3 is 0 Å². The number of carbonyl (C=O) groups excluding carboxylic acids is 1. The Balaban J connectivity index is 3.09. The molecule has 5 N–H and O–H groups in total. The van der Waals surface area contributed by atoms with Crippen LogP contribution in [-0.4, -0.2) is 21.9 Å². The summed E-state index contributed by atoms with van der Waals surface area (Å²) in [7, 11) is 0. The first-order valence-corrected chi connectivity index (χ1v) is 5.15. The number of nitrogens with one attached hydrogen (secondary N) is 1. The SMILES string of the molecule is Cc1ccnc(NC(C)C(N)=O)c1C(N)=S. The number of aromatic nitrogens is 1. The van der Waals surface area contributed by atoms with E-state index in [1.165, 1.54) is 0 Å². The van der Waals surface area contributed by atoms with Crippen molar-refractivity contribution >= 4 is 28.9 Å². The van der Waals surface area contributed by atoms with Crippen molar-refractivity contribution in [2.45, 2.75) is 19.9 Å². The summed E-state index contributed by atoms with van der Waals surface area (Å²) < 4.78 is 0. The number of amides is 1. The molecule has 0 bridgehead atoms. The number of aryl methyl sites for hydroxylation is 1. The minimum absolute atomic E-state index is 0.241. The van der Waals surface area contributed by atoms with Gasteiger partial charge in [-0.2, -0.15) is 0 Å². The van der Waals surface area contributed by atoms with Crippen LogP contribution in [0, 0.1) is 6.92 Å². The van der Waals surface area contributed by atoms with Crippen molar-refractivity contribution in [1.29, 1.82) is 0 Å². The second-order valence-electron chi connectivity index (χ2n) is 3.48. The van der Waals surface area contributed by atoms with E-state index in [0.29, 0.717) is 11.4 Å². The normalized spacial score (nSPS) is 11.9. The van der Waals surface area contributed by atoms with Crippen LogP contribution in [0.25, 0.3) is 0 Å². The molecular weight excluding hydrogens is 224 g/mol. The van der Waals surface area contributed by atoms with E-state index in [0.717, 1.165) is 5.56 Å². The third-order valence-electron chi connectivity index (χ3n) is 2.19. The summed E-state index contributed by atoms with van der Waals surface area (Å²) in [4.78, 5) is 15.3. The molecule has 16 heavy (non-hydrogen) atoms. The average molecular weight is 238 g/mol. The summed E-state index contributed by atoms with van der Waals surface area (Å²) in [5.41, 5.74) is 12.3. The number of rotatable bonds is 4. The molecule has 86 valence electrons. The molecule has 0 saturated carbocycles. The van der Waals surface area contributed by atoms with Gasteiger partial charge in [0.15, 0.2) is 0 Å². The number of nitrogens with two attached hydrogens (primary N) is 2. The highest BCUT2D eigenvalue weighted by Crippen LogP contribution is 2.17. The van der Waals surface area contributed by atoms with E-state index in [-0.39, 0.29) is 4.99 Å². The minimum atomic E-state index is -0.526. The number of hydrogen-bond donors (Lipinski definition) is 3. The molecule has 0 aromatic carbocycles. The number of hydrogen-bond acceptors (Lipinski definition) is 4. The van der Waals surface area contributed by atoms with Crippen molar-refractivity contribution in [2.24, 2.45) is 11.5 Å². The van der Waals surface area contributed by atoms with Gasteiger partial charge in [0.25, 0.3) is 0 Å². The first kappa shape index (κ1) is 12.4. The van der Waals surface area contributed by atoms with Crippen LogP contribution in [0.1, 0.15) is 18.1 Å². The van der Waals surface area contributed by atoms with Gasteiger partial charge in [-0.3, -0.25) is 4.79 Å². The number of thiocarbonyl (C=S) groups is 1. The Morgan fingerprint density at radius 1 is 1.56 bits per heavy atom. The van der Waals surface area contributed by atoms with Gasteiger partial charge in [0.1, 0.15) is 16.8 Å². The van der Waals surface area contributed by atoms with Crippen molar-refractivity contribution in [2.75, 3.05) is 5.32 Å². The maximum absolute atomic E-state index is 10.9.